The molecule has 0 aliphatic heterocycles. The van der Waals surface area contributed by atoms with Crippen LogP contribution in [0.3, 0.4) is 0 Å². The Morgan fingerprint density at radius 2 is 2.43 bits per heavy atom. The summed E-state index contributed by atoms with van der Waals surface area (Å²) in [6, 6.07) is 4.16. The van der Waals surface area contributed by atoms with Crippen LogP contribution in [0.5, 0.6) is 0 Å². The molecule has 1 aromatic heterocycles. The molecule has 14 heavy (non-hydrogen) atoms. The molecule has 1 fully saturated rings. The molecular weight excluding hydrogens is 178 g/mol. The lowest BCUT2D eigenvalue weighted by Gasteiger charge is -1.91. The summed E-state index contributed by atoms with van der Waals surface area (Å²) in [7, 11) is 0. The van der Waals surface area contributed by atoms with Gasteiger partial charge < -0.3 is 4.74 Å². The molecule has 0 unspecified atom stereocenters. The number of pyridine rings is 1. The molecule has 0 spiro atoms. The van der Waals surface area contributed by atoms with Crippen molar-refractivity contribution in [3.8, 4) is 0 Å². The van der Waals surface area contributed by atoms with Crippen molar-refractivity contribution < 1.29 is 9.53 Å². The van der Waals surface area contributed by atoms with Gasteiger partial charge in [0.25, 0.3) is 6.47 Å². The topological polar surface area (TPSA) is 39.2 Å². The number of ether oxygens (including phenoxy) is 1. The van der Waals surface area contributed by atoms with Gasteiger partial charge in [0.2, 0.25) is 0 Å². The lowest BCUT2D eigenvalue weighted by Crippen LogP contribution is -1.80. The van der Waals surface area contributed by atoms with Gasteiger partial charge in [0.05, 0.1) is 6.61 Å². The molecule has 0 atom stereocenters. The largest absolute Gasteiger partial charge is 0.468 e. The average Bonchev–Trinajstić information content (AvgIpc) is 3.05. The summed E-state index contributed by atoms with van der Waals surface area (Å²) >= 11 is 0. The van der Waals surface area contributed by atoms with Crippen LogP contribution in [-0.4, -0.2) is 18.1 Å². The van der Waals surface area contributed by atoms with E-state index < -0.39 is 0 Å². The average molecular weight is 193 g/mol. The van der Waals surface area contributed by atoms with Crippen LogP contribution in [-0.2, 0) is 9.53 Å². The molecule has 3 nitrogen and oxygen atoms in total. The van der Waals surface area contributed by atoms with E-state index >= 15 is 0 Å². The number of hydrogen-bond donors (Lipinski definition) is 0. The van der Waals surface area contributed by atoms with Crippen molar-refractivity contribution in [3.05, 3.63) is 30.1 Å². The first-order chi connectivity index (χ1) is 6.88. The molecule has 0 radical (unpaired) electrons. The number of nitrogens with zero attached hydrogens (tertiary/aromatic N) is 1. The molecule has 0 bridgehead atoms. The van der Waals surface area contributed by atoms with Crippen molar-refractivity contribution in [2.75, 3.05) is 6.61 Å². The fraction of sp³-hybridized carbons (Fsp3) is 0.455. The van der Waals surface area contributed by atoms with Gasteiger partial charge in [-0.1, -0.05) is 6.07 Å². The Labute approximate surface area is 84.1 Å². The highest BCUT2D eigenvalue weighted by molar-refractivity contribution is 5.36. The molecule has 0 saturated heterocycles. The molecule has 1 saturated carbocycles. The zero-order valence-electron chi connectivity index (χ0n) is 8.35. The Bertz CT molecular complexity index is 257. The highest BCUT2D eigenvalue weighted by Crippen LogP contribution is 2.39. The fourth-order valence-electron chi connectivity index (χ4n) is 1.10. The van der Waals surface area contributed by atoms with E-state index in [0.717, 1.165) is 5.92 Å². The number of carbonyl (C=O) groups excluding carboxylic acids is 1. The zero-order valence-corrected chi connectivity index (χ0v) is 8.35. The molecule has 0 N–H and O–H groups in total. The molecule has 0 aromatic carbocycles. The minimum atomic E-state index is 0.431. The monoisotopic (exact) mass is 193 g/mol. The SMILES string of the molecule is CCOC=O.c1cncc(C2CC2)c1. The number of carbonyl (C=O) groups is 1. The Kier molecular flexibility index (Phi) is 4.69. The quantitative estimate of drug-likeness (QED) is 0.690. The predicted molar refractivity (Wildman–Crippen MR) is 53.9 cm³/mol. The Morgan fingerprint density at radius 3 is 2.79 bits per heavy atom. The van der Waals surface area contributed by atoms with Crippen LogP contribution in [0, 0.1) is 0 Å². The maximum absolute atomic E-state index is 9.18. The van der Waals surface area contributed by atoms with Crippen molar-refractivity contribution in [3.63, 3.8) is 0 Å². The van der Waals surface area contributed by atoms with Crippen LogP contribution in [0.1, 0.15) is 31.2 Å². The van der Waals surface area contributed by atoms with Crippen molar-refractivity contribution in [1.82, 2.24) is 4.98 Å². The molecule has 1 heterocycles. The first kappa shape index (κ1) is 10.7. The van der Waals surface area contributed by atoms with Crippen LogP contribution in [0.25, 0.3) is 0 Å². The lowest BCUT2D eigenvalue weighted by atomic mass is 10.2. The standard InChI is InChI=1S/C8H9N.C3H6O2/c1-2-8(6-9-5-1)7-3-4-7;1-2-5-3-4/h1-2,5-7H,3-4H2;3H,2H2,1H3. The van der Waals surface area contributed by atoms with E-state index in [-0.39, 0.29) is 0 Å². The number of rotatable bonds is 3. The maximum Gasteiger partial charge on any atom is 0.293 e. The molecule has 1 aliphatic rings. The first-order valence-corrected chi connectivity index (χ1v) is 4.83. The Hall–Kier alpha value is -1.38. The number of hydrogen-bond acceptors (Lipinski definition) is 3. The van der Waals surface area contributed by atoms with E-state index in [1.807, 2.05) is 18.5 Å². The third-order valence-electron chi connectivity index (χ3n) is 1.97. The van der Waals surface area contributed by atoms with Crippen LogP contribution >= 0.6 is 0 Å². The Balaban J connectivity index is 0.000000171. The normalized spacial score (nSPS) is 13.8. The highest BCUT2D eigenvalue weighted by atomic mass is 16.5. The van der Waals surface area contributed by atoms with Gasteiger partial charge in [-0.05, 0) is 37.3 Å². The van der Waals surface area contributed by atoms with Gasteiger partial charge in [-0.3, -0.25) is 9.78 Å². The highest BCUT2D eigenvalue weighted by Gasteiger charge is 2.22. The van der Waals surface area contributed by atoms with E-state index in [1.165, 1.54) is 18.4 Å². The molecule has 1 aromatic rings. The van der Waals surface area contributed by atoms with Gasteiger partial charge in [0.1, 0.15) is 0 Å². The van der Waals surface area contributed by atoms with Gasteiger partial charge in [-0.25, -0.2) is 0 Å². The summed E-state index contributed by atoms with van der Waals surface area (Å²) in [6.07, 6.45) is 6.53. The van der Waals surface area contributed by atoms with Gasteiger partial charge in [-0.15, -0.1) is 0 Å². The van der Waals surface area contributed by atoms with Gasteiger partial charge in [-0.2, -0.15) is 0 Å². The summed E-state index contributed by atoms with van der Waals surface area (Å²) < 4.78 is 4.15. The van der Waals surface area contributed by atoms with Gasteiger partial charge >= 0.3 is 0 Å². The van der Waals surface area contributed by atoms with Crippen molar-refractivity contribution >= 4 is 6.47 Å². The summed E-state index contributed by atoms with van der Waals surface area (Å²) in [6.45, 7) is 2.66. The summed E-state index contributed by atoms with van der Waals surface area (Å²) in [5.74, 6) is 0.846. The third-order valence-corrected chi connectivity index (χ3v) is 1.97. The fourth-order valence-corrected chi connectivity index (χ4v) is 1.10. The maximum atomic E-state index is 9.18. The molecule has 2 rings (SSSR count). The lowest BCUT2D eigenvalue weighted by molar-refractivity contribution is -0.128. The molecule has 76 valence electrons. The second-order valence-corrected chi connectivity index (χ2v) is 3.11. The van der Waals surface area contributed by atoms with E-state index in [4.69, 9.17) is 0 Å². The predicted octanol–water partition coefficient (Wildman–Crippen LogP) is 2.14. The van der Waals surface area contributed by atoms with Gasteiger partial charge in [0.15, 0.2) is 0 Å². The second kappa shape index (κ2) is 6.13. The van der Waals surface area contributed by atoms with Crippen LogP contribution in [0.2, 0.25) is 0 Å². The van der Waals surface area contributed by atoms with E-state index in [0.29, 0.717) is 13.1 Å². The summed E-state index contributed by atoms with van der Waals surface area (Å²) in [5, 5.41) is 0. The molecule has 1 aliphatic carbocycles. The third kappa shape index (κ3) is 4.03. The Morgan fingerprint density at radius 1 is 1.64 bits per heavy atom. The zero-order chi connectivity index (χ0) is 10.2. The molecule has 3 heteroatoms. The van der Waals surface area contributed by atoms with E-state index in [2.05, 4.69) is 15.8 Å². The molecule has 0 amide bonds. The van der Waals surface area contributed by atoms with Crippen molar-refractivity contribution in [2.45, 2.75) is 25.7 Å². The molecular formula is C11H15NO2. The van der Waals surface area contributed by atoms with E-state index in [9.17, 15) is 4.79 Å². The number of aromatic nitrogens is 1. The summed E-state index contributed by atoms with van der Waals surface area (Å²) in [4.78, 5) is 13.2. The van der Waals surface area contributed by atoms with E-state index in [1.54, 1.807) is 6.92 Å². The van der Waals surface area contributed by atoms with Gasteiger partial charge in [0, 0.05) is 12.4 Å². The summed E-state index contributed by atoms with van der Waals surface area (Å²) in [5.41, 5.74) is 1.41. The van der Waals surface area contributed by atoms with Crippen LogP contribution < -0.4 is 0 Å². The van der Waals surface area contributed by atoms with Crippen LogP contribution in [0.15, 0.2) is 24.5 Å². The first-order valence-electron chi connectivity index (χ1n) is 4.83. The minimum Gasteiger partial charge on any atom is -0.468 e. The van der Waals surface area contributed by atoms with Crippen molar-refractivity contribution in [1.29, 1.82) is 0 Å². The minimum absolute atomic E-state index is 0.431. The smallest absolute Gasteiger partial charge is 0.293 e. The van der Waals surface area contributed by atoms with Crippen molar-refractivity contribution in [2.24, 2.45) is 0 Å². The van der Waals surface area contributed by atoms with Crippen LogP contribution in [0.4, 0.5) is 0 Å². The second-order valence-electron chi connectivity index (χ2n) is 3.11.